The highest BCUT2D eigenvalue weighted by atomic mass is 16.2. The van der Waals surface area contributed by atoms with E-state index in [1.165, 1.54) is 0 Å². The molecule has 2 N–H and O–H groups in total. The third kappa shape index (κ3) is 4.94. The van der Waals surface area contributed by atoms with Gasteiger partial charge in [-0.05, 0) is 39.0 Å². The van der Waals surface area contributed by atoms with E-state index in [4.69, 9.17) is 5.11 Å². The highest BCUT2D eigenvalue weighted by Crippen LogP contribution is 2.29. The average molecular weight is 357 g/mol. The summed E-state index contributed by atoms with van der Waals surface area (Å²) in [6.45, 7) is 11.2. The molecule has 1 heterocycles. The lowest BCUT2D eigenvalue weighted by Gasteiger charge is -2.25. The zero-order chi connectivity index (χ0) is 19.4. The second-order valence-corrected chi connectivity index (χ2v) is 8.53. The van der Waals surface area contributed by atoms with Gasteiger partial charge in [0.1, 0.15) is 0 Å². The summed E-state index contributed by atoms with van der Waals surface area (Å²) < 4.78 is 1.91. The molecule has 0 atom stereocenters. The quantitative estimate of drug-likeness (QED) is 0.791. The van der Waals surface area contributed by atoms with Gasteiger partial charge in [-0.3, -0.25) is 9.48 Å². The van der Waals surface area contributed by atoms with Gasteiger partial charge < -0.3 is 10.4 Å². The van der Waals surface area contributed by atoms with Crippen molar-refractivity contribution >= 4 is 5.91 Å². The van der Waals surface area contributed by atoms with E-state index in [2.05, 4.69) is 45.0 Å². The summed E-state index contributed by atoms with van der Waals surface area (Å²) in [4.78, 5) is 12.9. The van der Waals surface area contributed by atoms with Crippen LogP contribution < -0.4 is 5.32 Å². The van der Waals surface area contributed by atoms with Crippen molar-refractivity contribution < 1.29 is 9.90 Å². The minimum absolute atomic E-state index is 0.0642. The molecule has 5 nitrogen and oxygen atoms in total. The molecule has 142 valence electrons. The molecule has 2 rings (SSSR count). The van der Waals surface area contributed by atoms with Crippen LogP contribution in [0.2, 0.25) is 0 Å². The molecular weight excluding hydrogens is 326 g/mol. The summed E-state index contributed by atoms with van der Waals surface area (Å²) in [7, 11) is 0. The molecule has 0 saturated carbocycles. The number of nitrogens with zero attached hydrogens (tertiary/aromatic N) is 2. The van der Waals surface area contributed by atoms with E-state index in [0.717, 1.165) is 24.1 Å². The highest BCUT2D eigenvalue weighted by molar-refractivity contribution is 6.00. The van der Waals surface area contributed by atoms with Crippen molar-refractivity contribution in [1.29, 1.82) is 0 Å². The van der Waals surface area contributed by atoms with Crippen LogP contribution in [0, 0.1) is 5.41 Å². The standard InChI is InChI=1S/C21H31N3O2/c1-20(2,3)24-18(16-10-7-6-8-11-16)17(14-23-24)19(26)22-15-21(4,5)12-9-13-25/h6-8,10-11,14,25H,9,12-13,15H2,1-5H3,(H,22,26). The topological polar surface area (TPSA) is 67.2 Å². The van der Waals surface area contributed by atoms with E-state index < -0.39 is 0 Å². The lowest BCUT2D eigenvalue weighted by Crippen LogP contribution is -2.34. The molecule has 0 radical (unpaired) electrons. The monoisotopic (exact) mass is 357 g/mol. The van der Waals surface area contributed by atoms with Crippen molar-refractivity contribution in [3.63, 3.8) is 0 Å². The maximum absolute atomic E-state index is 12.9. The number of hydrogen-bond donors (Lipinski definition) is 2. The number of carbonyl (C=O) groups excluding carboxylic acids is 1. The average Bonchev–Trinajstić information content (AvgIpc) is 3.04. The fourth-order valence-corrected chi connectivity index (χ4v) is 2.96. The first-order chi connectivity index (χ1) is 12.2. The van der Waals surface area contributed by atoms with E-state index in [9.17, 15) is 4.79 Å². The molecule has 0 saturated heterocycles. The maximum Gasteiger partial charge on any atom is 0.255 e. The molecule has 0 aliphatic rings. The van der Waals surface area contributed by atoms with Crippen LogP contribution in [0.4, 0.5) is 0 Å². The molecule has 0 fully saturated rings. The summed E-state index contributed by atoms with van der Waals surface area (Å²) in [5, 5.41) is 16.6. The van der Waals surface area contributed by atoms with Gasteiger partial charge in [0.25, 0.3) is 5.91 Å². The second kappa shape index (κ2) is 8.04. The molecule has 26 heavy (non-hydrogen) atoms. The summed E-state index contributed by atoms with van der Waals surface area (Å²) in [6, 6.07) is 9.90. The van der Waals surface area contributed by atoms with Gasteiger partial charge in [-0.15, -0.1) is 0 Å². The fraction of sp³-hybridized carbons (Fsp3) is 0.524. The first-order valence-corrected chi connectivity index (χ1v) is 9.19. The third-order valence-corrected chi connectivity index (χ3v) is 4.44. The number of rotatable bonds is 7. The lowest BCUT2D eigenvalue weighted by atomic mass is 9.88. The Morgan fingerprint density at radius 2 is 1.81 bits per heavy atom. The molecule has 2 aromatic rings. The Labute approximate surface area is 156 Å². The predicted octanol–water partition coefficient (Wildman–Crippen LogP) is 3.83. The van der Waals surface area contributed by atoms with Gasteiger partial charge in [-0.1, -0.05) is 44.2 Å². The first-order valence-electron chi connectivity index (χ1n) is 9.19. The minimum Gasteiger partial charge on any atom is -0.396 e. The number of hydrogen-bond acceptors (Lipinski definition) is 3. The van der Waals surface area contributed by atoms with Crippen LogP contribution in [0.1, 0.15) is 57.8 Å². The van der Waals surface area contributed by atoms with Gasteiger partial charge in [-0.25, -0.2) is 0 Å². The van der Waals surface area contributed by atoms with E-state index in [1.54, 1.807) is 6.20 Å². The normalized spacial score (nSPS) is 12.2. The van der Waals surface area contributed by atoms with Crippen molar-refractivity contribution in [2.45, 2.75) is 53.0 Å². The molecule has 0 bridgehead atoms. The molecule has 0 aliphatic carbocycles. The first kappa shape index (κ1) is 20.2. The van der Waals surface area contributed by atoms with Crippen LogP contribution in [-0.4, -0.2) is 33.9 Å². The Morgan fingerprint density at radius 3 is 2.38 bits per heavy atom. The number of benzene rings is 1. The Balaban J connectivity index is 2.29. The van der Waals surface area contributed by atoms with Crippen molar-refractivity contribution in [3.8, 4) is 11.3 Å². The SMILES string of the molecule is CC(C)(CCCO)CNC(=O)c1cnn(C(C)(C)C)c1-c1ccccc1. The van der Waals surface area contributed by atoms with Crippen LogP contribution in [-0.2, 0) is 5.54 Å². The van der Waals surface area contributed by atoms with Crippen LogP contribution in [0.25, 0.3) is 11.3 Å². The summed E-state index contributed by atoms with van der Waals surface area (Å²) in [5.74, 6) is -0.114. The lowest BCUT2D eigenvalue weighted by molar-refractivity contribution is 0.0933. The van der Waals surface area contributed by atoms with Gasteiger partial charge in [0.15, 0.2) is 0 Å². The van der Waals surface area contributed by atoms with Gasteiger partial charge in [0.2, 0.25) is 0 Å². The van der Waals surface area contributed by atoms with Gasteiger partial charge in [-0.2, -0.15) is 5.10 Å². The molecule has 1 amide bonds. The molecule has 1 aromatic carbocycles. The predicted molar refractivity (Wildman–Crippen MR) is 105 cm³/mol. The largest absolute Gasteiger partial charge is 0.396 e. The van der Waals surface area contributed by atoms with Gasteiger partial charge in [0.05, 0.1) is 23.0 Å². The molecule has 0 aliphatic heterocycles. The van der Waals surface area contributed by atoms with Crippen molar-refractivity contribution in [1.82, 2.24) is 15.1 Å². The molecule has 1 aromatic heterocycles. The van der Waals surface area contributed by atoms with Crippen molar-refractivity contribution in [2.24, 2.45) is 5.41 Å². The summed E-state index contributed by atoms with van der Waals surface area (Å²) in [6.07, 6.45) is 3.25. The van der Waals surface area contributed by atoms with Crippen LogP contribution in [0.5, 0.6) is 0 Å². The Morgan fingerprint density at radius 1 is 1.15 bits per heavy atom. The number of aliphatic hydroxyl groups excluding tert-OH is 1. The van der Waals surface area contributed by atoms with Crippen LogP contribution in [0.15, 0.2) is 36.5 Å². The Kier molecular flexibility index (Phi) is 6.24. The summed E-state index contributed by atoms with van der Waals surface area (Å²) >= 11 is 0. The van der Waals surface area contributed by atoms with Crippen LogP contribution in [0.3, 0.4) is 0 Å². The number of amides is 1. The van der Waals surface area contributed by atoms with E-state index in [1.807, 2.05) is 35.0 Å². The second-order valence-electron chi connectivity index (χ2n) is 8.53. The number of carbonyl (C=O) groups is 1. The molecule has 0 spiro atoms. The van der Waals surface area contributed by atoms with Gasteiger partial charge >= 0.3 is 0 Å². The Hall–Kier alpha value is -2.14. The van der Waals surface area contributed by atoms with E-state index >= 15 is 0 Å². The molecular formula is C21H31N3O2. The van der Waals surface area contributed by atoms with E-state index in [0.29, 0.717) is 12.1 Å². The van der Waals surface area contributed by atoms with Crippen molar-refractivity contribution in [3.05, 3.63) is 42.1 Å². The number of nitrogens with one attached hydrogen (secondary N) is 1. The van der Waals surface area contributed by atoms with Crippen molar-refractivity contribution in [2.75, 3.05) is 13.2 Å². The summed E-state index contributed by atoms with van der Waals surface area (Å²) in [5.41, 5.74) is 2.10. The van der Waals surface area contributed by atoms with Gasteiger partial charge in [0, 0.05) is 18.7 Å². The fourth-order valence-electron chi connectivity index (χ4n) is 2.96. The maximum atomic E-state index is 12.9. The van der Waals surface area contributed by atoms with Crippen LogP contribution >= 0.6 is 0 Å². The Bertz CT molecular complexity index is 727. The van der Waals surface area contributed by atoms with E-state index in [-0.39, 0.29) is 23.5 Å². The highest BCUT2D eigenvalue weighted by Gasteiger charge is 2.26. The number of aromatic nitrogens is 2. The zero-order valence-corrected chi connectivity index (χ0v) is 16.5. The minimum atomic E-state index is -0.232. The zero-order valence-electron chi connectivity index (χ0n) is 16.5. The third-order valence-electron chi connectivity index (χ3n) is 4.44. The molecule has 5 heteroatoms. The molecule has 0 unspecified atom stereocenters. The smallest absolute Gasteiger partial charge is 0.255 e. The number of aliphatic hydroxyl groups is 1.